The third kappa shape index (κ3) is 3.42. The highest BCUT2D eigenvalue weighted by atomic mass is 35.5. The molecule has 2 aliphatic rings. The minimum absolute atomic E-state index is 0.148. The molecule has 0 atom stereocenters. The average molecular weight is 609 g/mol. The predicted molar refractivity (Wildman–Crippen MR) is 178 cm³/mol. The van der Waals surface area contributed by atoms with E-state index in [1.807, 2.05) is 72.8 Å². The standard InChI is InChI=1S/C32H21ClN12/c33-21-19-20(22(34)24(36)23(21)35)30-41-26-14-8-2-4-10-16(14)28(39-26)44-32-18-12-6-5-11-17(18)31(45(32)37)43-27-15-9-3-1-7-13(15)25(38-27)40-29(19)42-30/h1-12H,34-37H2,(H,38,39,40,41,42,43,44). The number of nitrogens with zero attached hydrogens (tertiary/aromatic N) is 7. The van der Waals surface area contributed by atoms with Crippen molar-refractivity contribution in [3.8, 4) is 45.6 Å². The van der Waals surface area contributed by atoms with Crippen molar-refractivity contribution < 1.29 is 0 Å². The number of hydrogen-bond acceptors (Lipinski definition) is 10. The molecule has 9 N–H and O–H groups in total. The minimum atomic E-state index is 0.148. The van der Waals surface area contributed by atoms with E-state index in [4.69, 9.17) is 64.5 Å². The average Bonchev–Trinajstić information content (AvgIpc) is 3.77. The van der Waals surface area contributed by atoms with Gasteiger partial charge in [-0.05, 0) is 0 Å². The zero-order valence-electron chi connectivity index (χ0n) is 23.2. The van der Waals surface area contributed by atoms with E-state index in [-0.39, 0.29) is 22.1 Å². The molecule has 0 unspecified atom stereocenters. The summed E-state index contributed by atoms with van der Waals surface area (Å²) in [7, 11) is 0. The Bertz CT molecular complexity index is 2450. The molecule has 8 bridgehead atoms. The van der Waals surface area contributed by atoms with Gasteiger partial charge in [-0.25, -0.2) is 34.6 Å². The summed E-state index contributed by atoms with van der Waals surface area (Å²) in [5, 5.41) is 2.74. The molecule has 0 spiro atoms. The molecule has 0 saturated heterocycles. The SMILES string of the molecule is Nc1c(N)c(Cl)c2c3nc4nc(nc5c6ccccc6c(nc6nc(nc([nH]3)c2c1N)-c1ccccc1-6)n5N)-c1ccccc1-4. The van der Waals surface area contributed by atoms with Crippen LogP contribution in [0.5, 0.6) is 0 Å². The summed E-state index contributed by atoms with van der Waals surface area (Å²) in [6.45, 7) is 0. The lowest BCUT2D eigenvalue weighted by Crippen LogP contribution is -2.09. The molecule has 0 aliphatic carbocycles. The van der Waals surface area contributed by atoms with Gasteiger partial charge in [-0.15, -0.1) is 0 Å². The summed E-state index contributed by atoms with van der Waals surface area (Å²) in [5.74, 6) is 8.43. The van der Waals surface area contributed by atoms with E-state index >= 15 is 0 Å². The molecule has 0 saturated carbocycles. The largest absolute Gasteiger partial charge is 0.396 e. The number of aromatic nitrogens is 8. The Morgan fingerprint density at radius 2 is 0.933 bits per heavy atom. The Balaban J connectivity index is 1.56. The summed E-state index contributed by atoms with van der Waals surface area (Å²) in [4.78, 5) is 32.9. The van der Waals surface area contributed by atoms with Crippen LogP contribution in [-0.4, -0.2) is 39.6 Å². The molecule has 12 nitrogen and oxygen atoms in total. The predicted octanol–water partition coefficient (Wildman–Crippen LogP) is 5.46. The Morgan fingerprint density at radius 3 is 1.42 bits per heavy atom. The topological polar surface area (TPSA) is 202 Å². The van der Waals surface area contributed by atoms with Gasteiger partial charge >= 0.3 is 0 Å². The molecule has 45 heavy (non-hydrogen) atoms. The number of nitrogens with one attached hydrogen (secondary N) is 1. The number of nitrogens with two attached hydrogens (primary N) is 4. The van der Waals surface area contributed by atoms with E-state index in [9.17, 15) is 0 Å². The van der Waals surface area contributed by atoms with E-state index in [1.165, 1.54) is 4.68 Å². The lowest BCUT2D eigenvalue weighted by Gasteiger charge is -2.08. The number of rotatable bonds is 0. The van der Waals surface area contributed by atoms with Crippen molar-refractivity contribution in [2.45, 2.75) is 0 Å². The van der Waals surface area contributed by atoms with Crippen molar-refractivity contribution in [3.05, 3.63) is 77.8 Å². The summed E-state index contributed by atoms with van der Waals surface area (Å²) < 4.78 is 1.47. The molecule has 9 rings (SSSR count). The maximum atomic E-state index is 6.82. The van der Waals surface area contributed by atoms with E-state index in [0.29, 0.717) is 56.7 Å². The van der Waals surface area contributed by atoms with E-state index < -0.39 is 0 Å². The summed E-state index contributed by atoms with van der Waals surface area (Å²) in [6, 6.07) is 23.1. The van der Waals surface area contributed by atoms with Crippen molar-refractivity contribution in [2.75, 3.05) is 23.0 Å². The normalized spacial score (nSPS) is 12.0. The zero-order valence-corrected chi connectivity index (χ0v) is 24.0. The molecule has 7 aromatic rings. The van der Waals surface area contributed by atoms with Crippen LogP contribution in [0.4, 0.5) is 17.1 Å². The molecule has 2 aliphatic heterocycles. The number of H-pyrrole nitrogens is 1. The van der Waals surface area contributed by atoms with E-state index in [2.05, 4.69) is 4.98 Å². The Labute approximate surface area is 258 Å². The molecule has 0 fully saturated rings. The maximum Gasteiger partial charge on any atom is 0.164 e. The van der Waals surface area contributed by atoms with Crippen LogP contribution in [0.25, 0.3) is 89.7 Å². The van der Waals surface area contributed by atoms with Crippen LogP contribution in [0.3, 0.4) is 0 Å². The van der Waals surface area contributed by atoms with E-state index in [0.717, 1.165) is 33.0 Å². The Hall–Kier alpha value is -6.27. The molecular formula is C32H21ClN12. The first-order valence-electron chi connectivity index (χ1n) is 13.9. The van der Waals surface area contributed by atoms with Crippen LogP contribution in [-0.2, 0) is 0 Å². The second-order valence-electron chi connectivity index (χ2n) is 10.7. The van der Waals surface area contributed by atoms with Crippen molar-refractivity contribution >= 4 is 72.8 Å². The van der Waals surface area contributed by atoms with Gasteiger partial charge in [0.2, 0.25) is 0 Å². The number of aromatic amines is 1. The maximum absolute atomic E-state index is 6.82. The quantitative estimate of drug-likeness (QED) is 0.109. The Morgan fingerprint density at radius 1 is 0.511 bits per heavy atom. The third-order valence-electron chi connectivity index (χ3n) is 8.23. The number of anilines is 3. The summed E-state index contributed by atoms with van der Waals surface area (Å²) in [5.41, 5.74) is 24.5. The van der Waals surface area contributed by atoms with E-state index in [1.54, 1.807) is 0 Å². The lowest BCUT2D eigenvalue weighted by molar-refractivity contribution is 1.05. The molecule has 13 heteroatoms. The van der Waals surface area contributed by atoms with Gasteiger partial charge in [-0.1, -0.05) is 84.4 Å². The second kappa shape index (κ2) is 8.88. The molecule has 216 valence electrons. The number of halogens is 1. The number of hydrogen-bond donors (Lipinski definition) is 5. The Kier molecular flexibility index (Phi) is 4.98. The van der Waals surface area contributed by atoms with Crippen LogP contribution < -0.4 is 23.0 Å². The van der Waals surface area contributed by atoms with Crippen molar-refractivity contribution in [2.24, 2.45) is 0 Å². The smallest absolute Gasteiger partial charge is 0.164 e. The molecule has 0 amide bonds. The van der Waals surface area contributed by atoms with Crippen LogP contribution in [0.2, 0.25) is 5.02 Å². The summed E-state index contributed by atoms with van der Waals surface area (Å²) >= 11 is 6.82. The van der Waals surface area contributed by atoms with Gasteiger partial charge in [0, 0.05) is 33.0 Å². The monoisotopic (exact) mass is 608 g/mol. The molecule has 3 aromatic heterocycles. The van der Waals surface area contributed by atoms with Crippen molar-refractivity contribution in [1.82, 2.24) is 39.6 Å². The van der Waals surface area contributed by atoms with Gasteiger partial charge in [0.1, 0.15) is 11.3 Å². The number of nitrogen functional groups attached to an aromatic ring is 4. The van der Waals surface area contributed by atoms with Gasteiger partial charge in [0.25, 0.3) is 0 Å². The van der Waals surface area contributed by atoms with Crippen molar-refractivity contribution in [3.63, 3.8) is 0 Å². The van der Waals surface area contributed by atoms with Crippen LogP contribution in [0.1, 0.15) is 0 Å². The highest BCUT2D eigenvalue weighted by Gasteiger charge is 2.24. The fourth-order valence-corrected chi connectivity index (χ4v) is 6.34. The molecular weight excluding hydrogens is 588 g/mol. The highest BCUT2D eigenvalue weighted by molar-refractivity contribution is 6.42. The first-order chi connectivity index (χ1) is 21.9. The molecule has 5 heterocycles. The highest BCUT2D eigenvalue weighted by Crippen LogP contribution is 2.44. The third-order valence-corrected chi connectivity index (χ3v) is 8.62. The molecule has 0 radical (unpaired) electrons. The second-order valence-corrected chi connectivity index (χ2v) is 11.1. The lowest BCUT2D eigenvalue weighted by atomic mass is 10.1. The van der Waals surface area contributed by atoms with Crippen molar-refractivity contribution in [1.29, 1.82) is 0 Å². The van der Waals surface area contributed by atoms with Gasteiger partial charge in [-0.3, -0.25) is 0 Å². The summed E-state index contributed by atoms with van der Waals surface area (Å²) in [6.07, 6.45) is 0. The number of fused-ring (bicyclic) bond motifs is 20. The first kappa shape index (κ1) is 25.2. The molecule has 4 aromatic carbocycles. The van der Waals surface area contributed by atoms with Crippen LogP contribution in [0.15, 0.2) is 72.8 Å². The van der Waals surface area contributed by atoms with Crippen LogP contribution >= 0.6 is 11.6 Å². The van der Waals surface area contributed by atoms with Crippen LogP contribution in [0, 0.1) is 0 Å². The van der Waals surface area contributed by atoms with Gasteiger partial charge in [0.05, 0.1) is 32.9 Å². The fourth-order valence-electron chi connectivity index (χ4n) is 6.05. The number of benzene rings is 4. The van der Waals surface area contributed by atoms with Gasteiger partial charge < -0.3 is 28.0 Å². The van der Waals surface area contributed by atoms with Gasteiger partial charge in [0.15, 0.2) is 34.6 Å². The fraction of sp³-hybridized carbons (Fsp3) is 0. The van der Waals surface area contributed by atoms with Gasteiger partial charge in [-0.2, -0.15) is 0 Å². The zero-order chi connectivity index (χ0) is 30.6. The minimum Gasteiger partial charge on any atom is -0.396 e. The first-order valence-corrected chi connectivity index (χ1v) is 14.3.